The van der Waals surface area contributed by atoms with E-state index < -0.39 is 0 Å². The van der Waals surface area contributed by atoms with Crippen molar-refractivity contribution in [2.45, 2.75) is 25.8 Å². The van der Waals surface area contributed by atoms with E-state index in [4.69, 9.17) is 5.73 Å². The van der Waals surface area contributed by atoms with Gasteiger partial charge in [0.15, 0.2) is 0 Å². The number of benzene rings is 1. The number of piperidine rings is 3. The van der Waals surface area contributed by atoms with Crippen molar-refractivity contribution in [1.82, 2.24) is 9.88 Å². The normalized spacial score (nSPS) is 28.0. The van der Waals surface area contributed by atoms with Crippen LogP contribution in [0.15, 0.2) is 24.4 Å². The van der Waals surface area contributed by atoms with Crippen LogP contribution in [0.3, 0.4) is 0 Å². The standard InChI is InChI=1S/C17H22N4/c1-11-8-13-14(9-19-11)15(18)2-3-16(13)20-17-10-21-6-4-12(17)5-7-21/h2-3,8-9,12,17,20H,4-7,10,18H2,1H3. The average Bonchev–Trinajstić information content (AvgIpc) is 2.51. The van der Waals surface area contributed by atoms with Crippen molar-refractivity contribution >= 4 is 22.1 Å². The smallest absolute Gasteiger partial charge is 0.0425 e. The van der Waals surface area contributed by atoms with E-state index in [0.717, 1.165) is 22.7 Å². The molecule has 2 aromatic rings. The largest absolute Gasteiger partial charge is 0.398 e. The monoisotopic (exact) mass is 282 g/mol. The zero-order chi connectivity index (χ0) is 14.4. The highest BCUT2D eigenvalue weighted by atomic mass is 15.2. The zero-order valence-electron chi connectivity index (χ0n) is 12.5. The molecule has 2 bridgehead atoms. The van der Waals surface area contributed by atoms with Gasteiger partial charge in [0, 0.05) is 46.6 Å². The van der Waals surface area contributed by atoms with Crippen molar-refractivity contribution in [3.05, 3.63) is 30.1 Å². The Labute approximate surface area is 125 Å². The molecule has 3 fully saturated rings. The van der Waals surface area contributed by atoms with Crippen LogP contribution in [0.4, 0.5) is 11.4 Å². The van der Waals surface area contributed by atoms with E-state index in [1.807, 2.05) is 19.2 Å². The van der Waals surface area contributed by atoms with Gasteiger partial charge in [0.05, 0.1) is 0 Å². The Hall–Kier alpha value is -1.81. The molecule has 0 amide bonds. The zero-order valence-corrected chi connectivity index (χ0v) is 12.5. The summed E-state index contributed by atoms with van der Waals surface area (Å²) in [6, 6.07) is 6.81. The van der Waals surface area contributed by atoms with E-state index in [0.29, 0.717) is 6.04 Å². The van der Waals surface area contributed by atoms with Crippen LogP contribution in [0, 0.1) is 12.8 Å². The van der Waals surface area contributed by atoms with E-state index in [1.165, 1.54) is 43.5 Å². The summed E-state index contributed by atoms with van der Waals surface area (Å²) in [6.07, 6.45) is 4.54. The first-order chi connectivity index (χ1) is 10.2. The predicted molar refractivity (Wildman–Crippen MR) is 87.5 cm³/mol. The number of fused-ring (bicyclic) bond motifs is 4. The molecule has 3 saturated heterocycles. The second-order valence-corrected chi connectivity index (χ2v) is 6.46. The third kappa shape index (κ3) is 2.23. The fourth-order valence-electron chi connectivity index (χ4n) is 3.82. The fourth-order valence-corrected chi connectivity index (χ4v) is 3.82. The summed E-state index contributed by atoms with van der Waals surface area (Å²) >= 11 is 0. The molecular formula is C17H22N4. The van der Waals surface area contributed by atoms with Crippen LogP contribution in [-0.4, -0.2) is 35.6 Å². The Morgan fingerprint density at radius 3 is 2.76 bits per heavy atom. The number of nitrogens with zero attached hydrogens (tertiary/aromatic N) is 2. The van der Waals surface area contributed by atoms with Gasteiger partial charge in [-0.15, -0.1) is 0 Å². The first-order valence-corrected chi connectivity index (χ1v) is 7.84. The van der Waals surface area contributed by atoms with E-state index in [2.05, 4.69) is 27.3 Å². The van der Waals surface area contributed by atoms with Crippen LogP contribution in [0.25, 0.3) is 10.8 Å². The molecule has 1 atom stereocenters. The van der Waals surface area contributed by atoms with Gasteiger partial charge in [-0.2, -0.15) is 0 Å². The molecule has 1 aromatic heterocycles. The number of aryl methyl sites for hydroxylation is 1. The van der Waals surface area contributed by atoms with E-state index in [9.17, 15) is 0 Å². The maximum atomic E-state index is 6.09. The predicted octanol–water partition coefficient (Wildman–Crippen LogP) is 2.63. The summed E-state index contributed by atoms with van der Waals surface area (Å²) in [5.74, 6) is 0.811. The molecule has 5 rings (SSSR count). The molecule has 1 aromatic carbocycles. The van der Waals surface area contributed by atoms with Crippen LogP contribution in [0.1, 0.15) is 18.5 Å². The number of rotatable bonds is 2. The average molecular weight is 282 g/mol. The number of hydrogen-bond donors (Lipinski definition) is 2. The van der Waals surface area contributed by atoms with Gasteiger partial charge in [-0.25, -0.2) is 0 Å². The van der Waals surface area contributed by atoms with Gasteiger partial charge in [0.2, 0.25) is 0 Å². The number of anilines is 2. The van der Waals surface area contributed by atoms with Crippen LogP contribution in [0.2, 0.25) is 0 Å². The lowest BCUT2D eigenvalue weighted by Crippen LogP contribution is -2.53. The van der Waals surface area contributed by atoms with Crippen LogP contribution in [-0.2, 0) is 0 Å². The SMILES string of the molecule is Cc1cc2c(NC3CN4CCC3CC4)ccc(N)c2cn1. The van der Waals surface area contributed by atoms with Crippen molar-refractivity contribution in [3.8, 4) is 0 Å². The van der Waals surface area contributed by atoms with Crippen molar-refractivity contribution in [3.63, 3.8) is 0 Å². The molecule has 4 heteroatoms. The number of nitrogen functional groups attached to an aromatic ring is 1. The third-order valence-corrected chi connectivity index (χ3v) is 5.07. The first kappa shape index (κ1) is 12.9. The lowest BCUT2D eigenvalue weighted by atomic mass is 9.84. The fraction of sp³-hybridized carbons (Fsp3) is 0.471. The Morgan fingerprint density at radius 2 is 2.05 bits per heavy atom. The Balaban J connectivity index is 1.70. The summed E-state index contributed by atoms with van der Waals surface area (Å²) in [4.78, 5) is 6.95. The van der Waals surface area contributed by atoms with Gasteiger partial charge in [-0.1, -0.05) is 0 Å². The van der Waals surface area contributed by atoms with Crippen molar-refractivity contribution in [2.24, 2.45) is 5.92 Å². The Morgan fingerprint density at radius 1 is 1.24 bits per heavy atom. The lowest BCUT2D eigenvalue weighted by molar-refractivity contribution is 0.0976. The molecule has 21 heavy (non-hydrogen) atoms. The number of nitrogens with two attached hydrogens (primary N) is 1. The molecule has 3 aliphatic heterocycles. The first-order valence-electron chi connectivity index (χ1n) is 7.84. The van der Waals surface area contributed by atoms with Crippen LogP contribution in [0.5, 0.6) is 0 Å². The van der Waals surface area contributed by atoms with Gasteiger partial charge in [0.1, 0.15) is 0 Å². The quantitative estimate of drug-likeness (QED) is 0.831. The molecule has 1 unspecified atom stereocenters. The van der Waals surface area contributed by atoms with Crippen molar-refractivity contribution < 1.29 is 0 Å². The molecule has 3 aliphatic rings. The minimum atomic E-state index is 0.563. The topological polar surface area (TPSA) is 54.2 Å². The second kappa shape index (κ2) is 4.88. The second-order valence-electron chi connectivity index (χ2n) is 6.46. The highest BCUT2D eigenvalue weighted by Gasteiger charge is 2.34. The molecular weight excluding hydrogens is 260 g/mol. The number of hydrogen-bond acceptors (Lipinski definition) is 4. The van der Waals surface area contributed by atoms with Crippen molar-refractivity contribution in [1.29, 1.82) is 0 Å². The number of pyridine rings is 1. The van der Waals surface area contributed by atoms with Gasteiger partial charge < -0.3 is 16.0 Å². The third-order valence-electron chi connectivity index (χ3n) is 5.07. The molecule has 110 valence electrons. The molecule has 0 spiro atoms. The summed E-state index contributed by atoms with van der Waals surface area (Å²) in [7, 11) is 0. The summed E-state index contributed by atoms with van der Waals surface area (Å²) in [5.41, 5.74) is 9.13. The van der Waals surface area contributed by atoms with E-state index >= 15 is 0 Å². The van der Waals surface area contributed by atoms with Gasteiger partial charge in [-0.3, -0.25) is 4.98 Å². The summed E-state index contributed by atoms with van der Waals surface area (Å²) in [5, 5.41) is 6.03. The highest BCUT2D eigenvalue weighted by Crippen LogP contribution is 2.33. The van der Waals surface area contributed by atoms with Gasteiger partial charge >= 0.3 is 0 Å². The Kier molecular flexibility index (Phi) is 3.00. The highest BCUT2D eigenvalue weighted by molar-refractivity contribution is 6.00. The maximum Gasteiger partial charge on any atom is 0.0425 e. The maximum absolute atomic E-state index is 6.09. The minimum Gasteiger partial charge on any atom is -0.398 e. The van der Waals surface area contributed by atoms with Gasteiger partial charge in [-0.05, 0) is 57.0 Å². The molecule has 0 radical (unpaired) electrons. The number of aromatic nitrogens is 1. The van der Waals surface area contributed by atoms with Crippen LogP contribution < -0.4 is 11.1 Å². The summed E-state index contributed by atoms with van der Waals surface area (Å²) < 4.78 is 0. The molecule has 0 aliphatic carbocycles. The Bertz CT molecular complexity index is 674. The van der Waals surface area contributed by atoms with E-state index in [-0.39, 0.29) is 0 Å². The minimum absolute atomic E-state index is 0.563. The van der Waals surface area contributed by atoms with Crippen LogP contribution >= 0.6 is 0 Å². The molecule has 4 nitrogen and oxygen atoms in total. The van der Waals surface area contributed by atoms with Gasteiger partial charge in [0.25, 0.3) is 0 Å². The summed E-state index contributed by atoms with van der Waals surface area (Å²) in [6.45, 7) is 5.74. The molecule has 3 N–H and O–H groups in total. The lowest BCUT2D eigenvalue weighted by Gasteiger charge is -2.45. The number of nitrogens with one attached hydrogen (secondary N) is 1. The van der Waals surface area contributed by atoms with Crippen molar-refractivity contribution in [2.75, 3.05) is 30.7 Å². The van der Waals surface area contributed by atoms with E-state index in [1.54, 1.807) is 0 Å². The molecule has 0 saturated carbocycles. The molecule has 4 heterocycles.